The Balaban J connectivity index is 2.85. The van der Waals surface area contributed by atoms with Gasteiger partial charge in [0.05, 0.1) is 11.1 Å². The van der Waals surface area contributed by atoms with Crippen LogP contribution in [0.1, 0.15) is 36.7 Å². The normalized spacial score (nSPS) is 10.4. The van der Waals surface area contributed by atoms with Crippen molar-refractivity contribution in [1.82, 2.24) is 10.3 Å². The number of nitrogens with one attached hydrogen (secondary N) is 1. The lowest BCUT2D eigenvalue weighted by Gasteiger charge is -2.18. The second kappa shape index (κ2) is 6.18. The predicted molar refractivity (Wildman–Crippen MR) is 70.0 cm³/mol. The monoisotopic (exact) mass is 246 g/mol. The second-order valence-electron chi connectivity index (χ2n) is 5.12. The van der Waals surface area contributed by atoms with Crippen molar-refractivity contribution < 1.29 is 9.90 Å². The maximum absolute atomic E-state index is 12.0. The number of nitrogens with zero attached hydrogens (tertiary/aromatic N) is 1. The lowest BCUT2D eigenvalue weighted by Crippen LogP contribution is -2.32. The van der Waals surface area contributed by atoms with E-state index in [0.717, 1.165) is 0 Å². The van der Waals surface area contributed by atoms with Crippen LogP contribution in [0.5, 0.6) is 0 Å². The Morgan fingerprint density at radius 3 is 2.83 bits per heavy atom. The molecule has 0 aliphatic carbocycles. The highest BCUT2D eigenvalue weighted by atomic mass is 16.2. The van der Waals surface area contributed by atoms with E-state index in [1.165, 1.54) is 6.20 Å². The fourth-order valence-electron chi connectivity index (χ4n) is 1.27. The van der Waals surface area contributed by atoms with Crippen LogP contribution in [0.4, 0.5) is 0 Å². The van der Waals surface area contributed by atoms with E-state index >= 15 is 0 Å². The molecule has 0 atom stereocenters. The Labute approximate surface area is 107 Å². The lowest BCUT2D eigenvalue weighted by atomic mass is 9.97. The lowest BCUT2D eigenvalue weighted by molar-refractivity contribution is 0.0939. The van der Waals surface area contributed by atoms with Crippen molar-refractivity contribution in [3.05, 3.63) is 29.6 Å². The van der Waals surface area contributed by atoms with Gasteiger partial charge in [-0.3, -0.25) is 9.78 Å². The minimum absolute atomic E-state index is 0.0274. The Morgan fingerprint density at radius 2 is 2.22 bits per heavy atom. The number of hydrogen-bond donors (Lipinski definition) is 2. The van der Waals surface area contributed by atoms with Crippen LogP contribution in [-0.2, 0) is 0 Å². The molecule has 0 aromatic carbocycles. The number of carbonyl (C=O) groups excluding carboxylic acids is 1. The summed E-state index contributed by atoms with van der Waals surface area (Å²) in [5.74, 6) is 5.06. The molecule has 1 aromatic heterocycles. The van der Waals surface area contributed by atoms with Gasteiger partial charge in [0, 0.05) is 18.9 Å². The molecule has 0 aliphatic rings. The molecule has 96 valence electrons. The molecule has 0 radical (unpaired) electrons. The number of hydrogen-bond acceptors (Lipinski definition) is 3. The van der Waals surface area contributed by atoms with Gasteiger partial charge in [-0.15, -0.1) is 0 Å². The molecular weight excluding hydrogens is 228 g/mol. The van der Waals surface area contributed by atoms with Gasteiger partial charge in [-0.2, -0.15) is 0 Å². The predicted octanol–water partition coefficient (Wildman–Crippen LogP) is 1.20. The summed E-state index contributed by atoms with van der Waals surface area (Å²) in [5.41, 5.74) is 1.03. The number of aliphatic hydroxyl groups excluding tert-OH is 1. The zero-order chi connectivity index (χ0) is 13.6. The number of rotatable bonds is 2. The first-order chi connectivity index (χ1) is 8.44. The maximum Gasteiger partial charge on any atom is 0.252 e. The van der Waals surface area contributed by atoms with Crippen LogP contribution in [0.2, 0.25) is 0 Å². The Bertz CT molecular complexity index is 479. The molecule has 1 amide bonds. The minimum Gasteiger partial charge on any atom is -0.384 e. The van der Waals surface area contributed by atoms with Crippen molar-refractivity contribution in [2.24, 2.45) is 5.41 Å². The highest BCUT2D eigenvalue weighted by Gasteiger charge is 2.14. The van der Waals surface area contributed by atoms with Gasteiger partial charge in [-0.25, -0.2) is 0 Å². The van der Waals surface area contributed by atoms with E-state index in [4.69, 9.17) is 5.11 Å². The van der Waals surface area contributed by atoms with Crippen LogP contribution in [-0.4, -0.2) is 29.1 Å². The third kappa shape index (κ3) is 4.56. The third-order valence-electron chi connectivity index (χ3n) is 2.15. The molecule has 1 aromatic rings. The Hall–Kier alpha value is -1.86. The zero-order valence-corrected chi connectivity index (χ0v) is 10.9. The SMILES string of the molecule is CC(C)(C)CNC(=O)c1ccncc1C#CCO. The van der Waals surface area contributed by atoms with Crippen molar-refractivity contribution in [3.63, 3.8) is 0 Å². The van der Waals surface area contributed by atoms with Crippen LogP contribution in [0.15, 0.2) is 18.5 Å². The summed E-state index contributed by atoms with van der Waals surface area (Å²) in [4.78, 5) is 15.9. The molecule has 0 aliphatic heterocycles. The summed E-state index contributed by atoms with van der Waals surface area (Å²) in [5, 5.41) is 11.5. The fraction of sp³-hybridized carbons (Fsp3) is 0.429. The van der Waals surface area contributed by atoms with Gasteiger partial charge in [0.25, 0.3) is 5.91 Å². The van der Waals surface area contributed by atoms with Crippen molar-refractivity contribution in [1.29, 1.82) is 0 Å². The molecule has 0 unspecified atom stereocenters. The highest BCUT2D eigenvalue weighted by Crippen LogP contribution is 2.11. The van der Waals surface area contributed by atoms with Gasteiger partial charge in [0.2, 0.25) is 0 Å². The summed E-state index contributed by atoms with van der Waals surface area (Å²) in [6, 6.07) is 1.62. The van der Waals surface area contributed by atoms with Gasteiger partial charge in [0.1, 0.15) is 6.61 Å². The Kier molecular flexibility index (Phi) is 4.87. The smallest absolute Gasteiger partial charge is 0.252 e. The second-order valence-corrected chi connectivity index (χ2v) is 5.12. The first-order valence-electron chi connectivity index (χ1n) is 5.76. The number of carbonyl (C=O) groups is 1. The highest BCUT2D eigenvalue weighted by molar-refractivity contribution is 5.96. The summed E-state index contributed by atoms with van der Waals surface area (Å²) in [7, 11) is 0. The molecular formula is C14H18N2O2. The van der Waals surface area contributed by atoms with Gasteiger partial charge in [0.15, 0.2) is 0 Å². The summed E-state index contributed by atoms with van der Waals surface area (Å²) >= 11 is 0. The van der Waals surface area contributed by atoms with E-state index in [1.54, 1.807) is 12.3 Å². The molecule has 4 heteroatoms. The summed E-state index contributed by atoms with van der Waals surface area (Å²) in [6.07, 6.45) is 3.07. The molecule has 0 bridgehead atoms. The standard InChI is InChI=1S/C14H18N2O2/c1-14(2,3)10-16-13(18)12-6-7-15-9-11(12)5-4-8-17/h6-7,9,17H,8,10H2,1-3H3,(H,16,18). The average Bonchev–Trinajstić information content (AvgIpc) is 2.33. The quantitative estimate of drug-likeness (QED) is 0.771. The molecule has 2 N–H and O–H groups in total. The number of amides is 1. The van der Waals surface area contributed by atoms with Gasteiger partial charge in [-0.05, 0) is 11.5 Å². The fourth-order valence-corrected chi connectivity index (χ4v) is 1.27. The van der Waals surface area contributed by atoms with Crippen LogP contribution in [0.3, 0.4) is 0 Å². The van der Waals surface area contributed by atoms with E-state index < -0.39 is 0 Å². The van der Waals surface area contributed by atoms with Crippen molar-refractivity contribution in [2.75, 3.05) is 13.2 Å². The first kappa shape index (κ1) is 14.2. The minimum atomic E-state index is -0.238. The molecule has 18 heavy (non-hydrogen) atoms. The average molecular weight is 246 g/mol. The molecule has 0 fully saturated rings. The maximum atomic E-state index is 12.0. The van der Waals surface area contributed by atoms with Crippen LogP contribution < -0.4 is 5.32 Å². The van der Waals surface area contributed by atoms with Gasteiger partial charge >= 0.3 is 0 Å². The molecule has 4 nitrogen and oxygen atoms in total. The van der Waals surface area contributed by atoms with Crippen LogP contribution in [0, 0.1) is 17.3 Å². The molecule has 1 rings (SSSR count). The zero-order valence-electron chi connectivity index (χ0n) is 10.9. The van der Waals surface area contributed by atoms with Gasteiger partial charge in [-0.1, -0.05) is 32.6 Å². The van der Waals surface area contributed by atoms with E-state index in [1.807, 2.05) is 20.8 Å². The van der Waals surface area contributed by atoms with Crippen LogP contribution in [0.25, 0.3) is 0 Å². The number of aliphatic hydroxyl groups is 1. The number of aromatic nitrogens is 1. The van der Waals surface area contributed by atoms with E-state index in [2.05, 4.69) is 22.1 Å². The van der Waals surface area contributed by atoms with Crippen molar-refractivity contribution in [3.8, 4) is 11.8 Å². The molecule has 0 saturated heterocycles. The Morgan fingerprint density at radius 1 is 1.50 bits per heavy atom. The van der Waals surface area contributed by atoms with E-state index in [9.17, 15) is 4.79 Å². The topological polar surface area (TPSA) is 62.2 Å². The third-order valence-corrected chi connectivity index (χ3v) is 2.15. The molecule has 1 heterocycles. The molecule has 0 spiro atoms. The van der Waals surface area contributed by atoms with Gasteiger partial charge < -0.3 is 10.4 Å². The van der Waals surface area contributed by atoms with E-state index in [-0.39, 0.29) is 17.9 Å². The summed E-state index contributed by atoms with van der Waals surface area (Å²) in [6.45, 7) is 6.49. The summed E-state index contributed by atoms with van der Waals surface area (Å²) < 4.78 is 0. The van der Waals surface area contributed by atoms with Crippen LogP contribution >= 0.6 is 0 Å². The van der Waals surface area contributed by atoms with Crippen molar-refractivity contribution >= 4 is 5.91 Å². The van der Waals surface area contributed by atoms with Crippen molar-refractivity contribution in [2.45, 2.75) is 20.8 Å². The molecule has 0 saturated carbocycles. The first-order valence-corrected chi connectivity index (χ1v) is 5.76. The van der Waals surface area contributed by atoms with E-state index in [0.29, 0.717) is 17.7 Å². The largest absolute Gasteiger partial charge is 0.384 e. The number of pyridine rings is 1.